The first kappa shape index (κ1) is 13.5. The van der Waals surface area contributed by atoms with Gasteiger partial charge < -0.3 is 15.0 Å². The molecule has 0 radical (unpaired) electrons. The zero-order valence-corrected chi connectivity index (χ0v) is 9.74. The first-order chi connectivity index (χ1) is 7.79. The molecule has 0 fully saturated rings. The van der Waals surface area contributed by atoms with Crippen LogP contribution in [-0.4, -0.2) is 18.3 Å². The summed E-state index contributed by atoms with van der Waals surface area (Å²) in [6, 6.07) is 7.59. The second kappa shape index (κ2) is 6.22. The fourth-order valence-corrected chi connectivity index (χ4v) is 1.24. The minimum absolute atomic E-state index is 0. The Bertz CT molecular complexity index is 459. The molecule has 0 saturated heterocycles. The number of hydrogen-bond acceptors (Lipinski definition) is 4. The summed E-state index contributed by atoms with van der Waals surface area (Å²) in [6.07, 6.45) is 0. The SMILES string of the molecule is Cl.NCCOc1cc(-c2ccc(F)cc2)on1. The average Bonchev–Trinajstić information content (AvgIpc) is 2.76. The summed E-state index contributed by atoms with van der Waals surface area (Å²) < 4.78 is 22.9. The van der Waals surface area contributed by atoms with Crippen molar-refractivity contribution in [2.75, 3.05) is 13.2 Å². The average molecular weight is 259 g/mol. The van der Waals surface area contributed by atoms with Crippen LogP contribution in [0.15, 0.2) is 34.9 Å². The molecule has 0 aliphatic rings. The second-order valence-corrected chi connectivity index (χ2v) is 3.17. The Morgan fingerprint density at radius 2 is 2.00 bits per heavy atom. The highest BCUT2D eigenvalue weighted by Crippen LogP contribution is 2.23. The van der Waals surface area contributed by atoms with Crippen LogP contribution >= 0.6 is 12.4 Å². The van der Waals surface area contributed by atoms with E-state index in [-0.39, 0.29) is 18.2 Å². The monoisotopic (exact) mass is 258 g/mol. The molecule has 0 unspecified atom stereocenters. The Hall–Kier alpha value is -1.59. The van der Waals surface area contributed by atoms with Crippen LogP contribution in [0.3, 0.4) is 0 Å². The molecule has 2 aromatic rings. The molecule has 1 heterocycles. The number of nitrogens with two attached hydrogens (primary N) is 1. The summed E-state index contributed by atoms with van der Waals surface area (Å²) in [5.41, 5.74) is 6.03. The van der Waals surface area contributed by atoms with Crippen molar-refractivity contribution in [2.45, 2.75) is 0 Å². The Morgan fingerprint density at radius 3 is 2.65 bits per heavy atom. The summed E-state index contributed by atoms with van der Waals surface area (Å²) in [4.78, 5) is 0. The zero-order chi connectivity index (χ0) is 11.4. The van der Waals surface area contributed by atoms with Crippen molar-refractivity contribution in [3.63, 3.8) is 0 Å². The molecular weight excluding hydrogens is 247 g/mol. The standard InChI is InChI=1S/C11H11FN2O2.ClH/c12-9-3-1-8(2-4-9)10-7-11(14-16-10)15-6-5-13;/h1-4,7H,5-6,13H2;1H. The number of halogens is 2. The molecule has 0 bridgehead atoms. The fraction of sp³-hybridized carbons (Fsp3) is 0.182. The molecular formula is C11H12ClFN2O2. The highest BCUT2D eigenvalue weighted by atomic mass is 35.5. The molecule has 2 rings (SSSR count). The molecule has 0 amide bonds. The van der Waals surface area contributed by atoms with Crippen LogP contribution in [0.25, 0.3) is 11.3 Å². The predicted octanol–water partition coefficient (Wildman–Crippen LogP) is 2.24. The van der Waals surface area contributed by atoms with E-state index in [2.05, 4.69) is 5.16 Å². The van der Waals surface area contributed by atoms with Crippen LogP contribution in [0.4, 0.5) is 4.39 Å². The van der Waals surface area contributed by atoms with Crippen LogP contribution in [0, 0.1) is 5.82 Å². The lowest BCUT2D eigenvalue weighted by Gasteiger charge is -1.95. The van der Waals surface area contributed by atoms with Crippen molar-refractivity contribution >= 4 is 12.4 Å². The number of benzene rings is 1. The molecule has 0 aliphatic carbocycles. The molecule has 17 heavy (non-hydrogen) atoms. The van der Waals surface area contributed by atoms with Gasteiger partial charge in [0.05, 0.1) is 0 Å². The molecule has 2 N–H and O–H groups in total. The maximum Gasteiger partial charge on any atom is 0.254 e. The van der Waals surface area contributed by atoms with Gasteiger partial charge in [0.1, 0.15) is 12.4 Å². The first-order valence-electron chi connectivity index (χ1n) is 4.85. The van der Waals surface area contributed by atoms with Crippen molar-refractivity contribution in [2.24, 2.45) is 5.73 Å². The van der Waals surface area contributed by atoms with E-state index in [0.717, 1.165) is 5.56 Å². The molecule has 4 nitrogen and oxygen atoms in total. The van der Waals surface area contributed by atoms with E-state index in [9.17, 15) is 4.39 Å². The summed E-state index contributed by atoms with van der Waals surface area (Å²) in [5.74, 6) is 0.625. The quantitative estimate of drug-likeness (QED) is 0.914. The van der Waals surface area contributed by atoms with Crippen molar-refractivity contribution in [3.05, 3.63) is 36.1 Å². The minimum atomic E-state index is -0.289. The van der Waals surface area contributed by atoms with Crippen LogP contribution in [0.1, 0.15) is 0 Å². The zero-order valence-electron chi connectivity index (χ0n) is 8.93. The molecule has 6 heteroatoms. The van der Waals surface area contributed by atoms with Gasteiger partial charge in [0.25, 0.3) is 5.88 Å². The van der Waals surface area contributed by atoms with Crippen molar-refractivity contribution < 1.29 is 13.7 Å². The molecule has 0 atom stereocenters. The Kier molecular flexibility index (Phi) is 4.93. The van der Waals surface area contributed by atoms with Crippen molar-refractivity contribution in [1.82, 2.24) is 5.16 Å². The van der Waals surface area contributed by atoms with Gasteiger partial charge in [0.15, 0.2) is 5.76 Å². The lowest BCUT2D eigenvalue weighted by Crippen LogP contribution is -2.10. The van der Waals surface area contributed by atoms with Gasteiger partial charge in [-0.2, -0.15) is 0 Å². The van der Waals surface area contributed by atoms with Crippen molar-refractivity contribution in [1.29, 1.82) is 0 Å². The van der Waals surface area contributed by atoms with Gasteiger partial charge in [0, 0.05) is 18.2 Å². The van der Waals surface area contributed by atoms with E-state index in [4.69, 9.17) is 15.0 Å². The Balaban J connectivity index is 0.00000144. The molecule has 0 saturated carbocycles. The topological polar surface area (TPSA) is 61.3 Å². The normalized spacial score (nSPS) is 9.76. The number of ether oxygens (including phenoxy) is 1. The van der Waals surface area contributed by atoms with Gasteiger partial charge in [-0.3, -0.25) is 0 Å². The highest BCUT2D eigenvalue weighted by molar-refractivity contribution is 5.85. The van der Waals surface area contributed by atoms with Crippen molar-refractivity contribution in [3.8, 4) is 17.2 Å². The van der Waals surface area contributed by atoms with E-state index < -0.39 is 0 Å². The predicted molar refractivity (Wildman–Crippen MR) is 63.7 cm³/mol. The van der Waals surface area contributed by atoms with E-state index in [1.54, 1.807) is 18.2 Å². The minimum Gasteiger partial charge on any atom is -0.474 e. The third-order valence-electron chi connectivity index (χ3n) is 1.99. The van der Waals surface area contributed by atoms with Gasteiger partial charge in [-0.15, -0.1) is 12.4 Å². The van der Waals surface area contributed by atoms with Crippen LogP contribution in [-0.2, 0) is 0 Å². The molecule has 0 aliphatic heterocycles. The molecule has 92 valence electrons. The fourth-order valence-electron chi connectivity index (χ4n) is 1.24. The molecule has 1 aromatic carbocycles. The first-order valence-corrected chi connectivity index (χ1v) is 4.85. The third-order valence-corrected chi connectivity index (χ3v) is 1.99. The van der Waals surface area contributed by atoms with Gasteiger partial charge in [-0.05, 0) is 29.4 Å². The van der Waals surface area contributed by atoms with Crippen LogP contribution < -0.4 is 10.5 Å². The lowest BCUT2D eigenvalue weighted by molar-refractivity contribution is 0.288. The summed E-state index contributed by atoms with van der Waals surface area (Å²) >= 11 is 0. The summed E-state index contributed by atoms with van der Waals surface area (Å²) in [7, 11) is 0. The summed E-state index contributed by atoms with van der Waals surface area (Å²) in [5, 5.41) is 3.71. The van der Waals surface area contributed by atoms with Gasteiger partial charge in [0.2, 0.25) is 0 Å². The smallest absolute Gasteiger partial charge is 0.254 e. The lowest BCUT2D eigenvalue weighted by atomic mass is 10.2. The van der Waals surface area contributed by atoms with Crippen LogP contribution in [0.5, 0.6) is 5.88 Å². The Labute approximate surface area is 104 Å². The number of hydrogen-bond donors (Lipinski definition) is 1. The maximum absolute atomic E-state index is 12.7. The molecule has 1 aromatic heterocycles. The maximum atomic E-state index is 12.7. The molecule has 0 spiro atoms. The van der Waals surface area contributed by atoms with E-state index >= 15 is 0 Å². The Morgan fingerprint density at radius 1 is 1.29 bits per heavy atom. The number of aromatic nitrogens is 1. The largest absolute Gasteiger partial charge is 0.474 e. The van der Waals surface area contributed by atoms with Gasteiger partial charge in [-0.1, -0.05) is 0 Å². The third kappa shape index (κ3) is 3.44. The van der Waals surface area contributed by atoms with Crippen LogP contribution in [0.2, 0.25) is 0 Å². The number of nitrogens with zero attached hydrogens (tertiary/aromatic N) is 1. The van der Waals surface area contributed by atoms with E-state index in [0.29, 0.717) is 24.8 Å². The van der Waals surface area contributed by atoms with Gasteiger partial charge >= 0.3 is 0 Å². The van der Waals surface area contributed by atoms with E-state index in [1.165, 1.54) is 12.1 Å². The summed E-state index contributed by atoms with van der Waals surface area (Å²) in [6.45, 7) is 0.800. The van der Waals surface area contributed by atoms with E-state index in [1.807, 2.05) is 0 Å². The second-order valence-electron chi connectivity index (χ2n) is 3.17. The van der Waals surface area contributed by atoms with Gasteiger partial charge in [-0.25, -0.2) is 4.39 Å². The number of rotatable bonds is 4. The highest BCUT2D eigenvalue weighted by Gasteiger charge is 2.07.